The minimum absolute atomic E-state index is 0. The fourth-order valence-electron chi connectivity index (χ4n) is 5.10. The molecule has 3 heterocycles. The maximum absolute atomic E-state index is 13.0. The maximum Gasteiger partial charge on any atom is 0.317 e. The first-order valence-corrected chi connectivity index (χ1v) is 10.3. The van der Waals surface area contributed by atoms with E-state index in [1.54, 1.807) is 0 Å². The predicted molar refractivity (Wildman–Crippen MR) is 103 cm³/mol. The number of hydrogen-bond acceptors (Lipinski definition) is 3. The molecule has 7 heteroatoms. The van der Waals surface area contributed by atoms with E-state index in [-0.39, 0.29) is 30.3 Å². The van der Waals surface area contributed by atoms with Gasteiger partial charge in [-0.1, -0.05) is 12.8 Å². The highest BCUT2D eigenvalue weighted by molar-refractivity contribution is 5.85. The van der Waals surface area contributed by atoms with Crippen LogP contribution in [-0.2, 0) is 4.79 Å². The van der Waals surface area contributed by atoms with Gasteiger partial charge in [-0.3, -0.25) is 4.79 Å². The number of carbonyl (C=O) groups excluding carboxylic acids is 2. The molecule has 148 valence electrons. The average molecular weight is 385 g/mol. The normalized spacial score (nSPS) is 32.1. The number of likely N-dealkylation sites (tertiary alicyclic amines) is 2. The quantitative estimate of drug-likeness (QED) is 0.766. The summed E-state index contributed by atoms with van der Waals surface area (Å²) in [6.07, 6.45) is 10.0. The van der Waals surface area contributed by atoms with E-state index in [4.69, 9.17) is 0 Å². The van der Waals surface area contributed by atoms with Gasteiger partial charge in [0.2, 0.25) is 5.91 Å². The number of hydrogen-bond donors (Lipinski definition) is 2. The third kappa shape index (κ3) is 4.45. The van der Waals surface area contributed by atoms with Gasteiger partial charge >= 0.3 is 6.03 Å². The molecular formula is C19H33ClN4O2. The van der Waals surface area contributed by atoms with Gasteiger partial charge in [0.25, 0.3) is 0 Å². The number of rotatable bonds is 2. The largest absolute Gasteiger partial charge is 0.341 e. The third-order valence-corrected chi connectivity index (χ3v) is 6.58. The van der Waals surface area contributed by atoms with Gasteiger partial charge in [-0.25, -0.2) is 4.79 Å². The molecule has 1 aliphatic carbocycles. The lowest BCUT2D eigenvalue weighted by atomic mass is 9.96. The van der Waals surface area contributed by atoms with E-state index in [9.17, 15) is 9.59 Å². The Bertz CT molecular complexity index is 512. The van der Waals surface area contributed by atoms with Gasteiger partial charge in [-0.15, -0.1) is 12.4 Å². The molecule has 3 saturated heterocycles. The Morgan fingerprint density at radius 2 is 1.58 bits per heavy atom. The Kier molecular flexibility index (Phi) is 6.67. The molecule has 0 aromatic heterocycles. The first kappa shape index (κ1) is 19.7. The van der Waals surface area contributed by atoms with Crippen LogP contribution in [0.5, 0.6) is 0 Å². The Labute approximate surface area is 162 Å². The number of nitrogens with zero attached hydrogens (tertiary/aromatic N) is 2. The standard InChI is InChI=1S/C19H32N4O2.ClH/c24-18(22-11-9-16-7-8-17(13-22)20-16)14-4-3-10-23(12-14)19(25)21-15-5-1-2-6-15;/h14-17,20H,1-13H2,(H,21,25);1H. The molecule has 4 fully saturated rings. The lowest BCUT2D eigenvalue weighted by Crippen LogP contribution is -2.52. The van der Waals surface area contributed by atoms with E-state index in [0.717, 1.165) is 51.7 Å². The van der Waals surface area contributed by atoms with Crippen molar-refractivity contribution in [3.8, 4) is 0 Å². The Morgan fingerprint density at radius 3 is 2.38 bits per heavy atom. The van der Waals surface area contributed by atoms with Crippen molar-refractivity contribution in [1.29, 1.82) is 0 Å². The van der Waals surface area contributed by atoms with E-state index in [1.807, 2.05) is 4.90 Å². The summed E-state index contributed by atoms with van der Waals surface area (Å²) in [7, 11) is 0. The smallest absolute Gasteiger partial charge is 0.317 e. The summed E-state index contributed by atoms with van der Waals surface area (Å²) >= 11 is 0. The van der Waals surface area contributed by atoms with Crippen LogP contribution in [0.15, 0.2) is 0 Å². The molecule has 3 unspecified atom stereocenters. The van der Waals surface area contributed by atoms with E-state index in [1.165, 1.54) is 25.7 Å². The lowest BCUT2D eigenvalue weighted by Gasteiger charge is -2.36. The minimum atomic E-state index is -0.0142. The highest BCUT2D eigenvalue weighted by atomic mass is 35.5. The van der Waals surface area contributed by atoms with Crippen LogP contribution in [0, 0.1) is 5.92 Å². The fraction of sp³-hybridized carbons (Fsp3) is 0.895. The number of piperidine rings is 1. The zero-order valence-corrected chi connectivity index (χ0v) is 16.4. The van der Waals surface area contributed by atoms with Crippen LogP contribution < -0.4 is 10.6 Å². The molecular weight excluding hydrogens is 352 g/mol. The van der Waals surface area contributed by atoms with Crippen molar-refractivity contribution >= 4 is 24.3 Å². The summed E-state index contributed by atoms with van der Waals surface area (Å²) in [5.41, 5.74) is 0. The number of fused-ring (bicyclic) bond motifs is 2. The molecule has 1 saturated carbocycles. The van der Waals surface area contributed by atoms with Crippen LogP contribution in [0.3, 0.4) is 0 Å². The van der Waals surface area contributed by atoms with E-state index in [2.05, 4.69) is 15.5 Å². The average Bonchev–Trinajstić information content (AvgIpc) is 3.24. The SMILES string of the molecule is Cl.O=C(NC1CCCC1)N1CCCC(C(=O)N2CCC3CCC(C2)N3)C1. The first-order valence-electron chi connectivity index (χ1n) is 10.3. The summed E-state index contributed by atoms with van der Waals surface area (Å²) in [6.45, 7) is 3.10. The van der Waals surface area contributed by atoms with Crippen molar-refractivity contribution in [3.05, 3.63) is 0 Å². The predicted octanol–water partition coefficient (Wildman–Crippen LogP) is 2.13. The molecule has 4 aliphatic rings. The molecule has 0 aromatic carbocycles. The zero-order valence-electron chi connectivity index (χ0n) is 15.6. The molecule has 6 nitrogen and oxygen atoms in total. The molecule has 2 bridgehead atoms. The van der Waals surface area contributed by atoms with E-state index >= 15 is 0 Å². The summed E-state index contributed by atoms with van der Waals surface area (Å²) in [4.78, 5) is 29.5. The van der Waals surface area contributed by atoms with Crippen LogP contribution >= 0.6 is 12.4 Å². The topological polar surface area (TPSA) is 64.7 Å². The van der Waals surface area contributed by atoms with Crippen molar-refractivity contribution in [3.63, 3.8) is 0 Å². The van der Waals surface area contributed by atoms with Gasteiger partial charge < -0.3 is 20.4 Å². The Hall–Kier alpha value is -1.01. The zero-order chi connectivity index (χ0) is 17.2. The molecule has 0 radical (unpaired) electrons. The van der Waals surface area contributed by atoms with Crippen LogP contribution in [0.4, 0.5) is 4.79 Å². The number of nitrogens with one attached hydrogen (secondary N) is 2. The van der Waals surface area contributed by atoms with Crippen LogP contribution in [0.1, 0.15) is 57.8 Å². The fourth-order valence-corrected chi connectivity index (χ4v) is 5.10. The molecule has 0 spiro atoms. The second kappa shape index (κ2) is 8.79. The maximum atomic E-state index is 13.0. The van der Waals surface area contributed by atoms with Crippen molar-refractivity contribution in [2.45, 2.75) is 75.9 Å². The summed E-state index contributed by atoms with van der Waals surface area (Å²) in [5.74, 6) is 0.257. The summed E-state index contributed by atoms with van der Waals surface area (Å²) in [5, 5.41) is 6.81. The van der Waals surface area contributed by atoms with E-state index in [0.29, 0.717) is 24.7 Å². The van der Waals surface area contributed by atoms with Gasteiger partial charge in [-0.2, -0.15) is 0 Å². The van der Waals surface area contributed by atoms with Gasteiger partial charge in [0.1, 0.15) is 0 Å². The number of halogens is 1. The van der Waals surface area contributed by atoms with Crippen molar-refractivity contribution < 1.29 is 9.59 Å². The second-order valence-electron chi connectivity index (χ2n) is 8.43. The molecule has 3 amide bonds. The second-order valence-corrected chi connectivity index (χ2v) is 8.43. The van der Waals surface area contributed by atoms with Gasteiger partial charge in [-0.05, 0) is 44.9 Å². The Morgan fingerprint density at radius 1 is 0.808 bits per heavy atom. The highest BCUT2D eigenvalue weighted by Gasteiger charge is 2.36. The summed E-state index contributed by atoms with van der Waals surface area (Å²) < 4.78 is 0. The van der Waals surface area contributed by atoms with Crippen molar-refractivity contribution in [2.75, 3.05) is 26.2 Å². The molecule has 3 atom stereocenters. The number of urea groups is 1. The third-order valence-electron chi connectivity index (χ3n) is 6.58. The molecule has 3 aliphatic heterocycles. The van der Waals surface area contributed by atoms with E-state index < -0.39 is 0 Å². The van der Waals surface area contributed by atoms with Crippen LogP contribution in [-0.4, -0.2) is 66.0 Å². The van der Waals surface area contributed by atoms with Crippen molar-refractivity contribution in [2.24, 2.45) is 5.92 Å². The first-order chi connectivity index (χ1) is 12.2. The number of amides is 3. The summed E-state index contributed by atoms with van der Waals surface area (Å²) in [6, 6.07) is 1.46. The minimum Gasteiger partial charge on any atom is -0.341 e. The Balaban J connectivity index is 0.00000196. The van der Waals surface area contributed by atoms with Crippen LogP contribution in [0.2, 0.25) is 0 Å². The molecule has 2 N–H and O–H groups in total. The van der Waals surface area contributed by atoms with Gasteiger partial charge in [0.15, 0.2) is 0 Å². The van der Waals surface area contributed by atoms with Gasteiger partial charge in [0.05, 0.1) is 5.92 Å². The lowest BCUT2D eigenvalue weighted by molar-refractivity contribution is -0.137. The molecule has 0 aromatic rings. The monoisotopic (exact) mass is 384 g/mol. The molecule has 26 heavy (non-hydrogen) atoms. The molecule has 4 rings (SSSR count). The highest BCUT2D eigenvalue weighted by Crippen LogP contribution is 2.25. The van der Waals surface area contributed by atoms with Crippen molar-refractivity contribution in [1.82, 2.24) is 20.4 Å². The van der Waals surface area contributed by atoms with Crippen LogP contribution in [0.25, 0.3) is 0 Å². The number of carbonyl (C=O) groups is 2. The van der Waals surface area contributed by atoms with Gasteiger partial charge in [0, 0.05) is 44.3 Å².